The number of sulfonamides is 1. The summed E-state index contributed by atoms with van der Waals surface area (Å²) in [6.45, 7) is 3.15. The molecule has 0 aliphatic carbocycles. The molecule has 0 spiro atoms. The van der Waals surface area contributed by atoms with Gasteiger partial charge in [-0.15, -0.1) is 0 Å². The average molecular weight is 517 g/mol. The van der Waals surface area contributed by atoms with Crippen LogP contribution < -0.4 is 14.3 Å². The zero-order valence-corrected chi connectivity index (χ0v) is 21.5. The summed E-state index contributed by atoms with van der Waals surface area (Å²) in [6.07, 6.45) is 0. The van der Waals surface area contributed by atoms with Crippen molar-refractivity contribution in [1.29, 1.82) is 0 Å². The van der Waals surface area contributed by atoms with Crippen molar-refractivity contribution in [2.75, 3.05) is 35.0 Å². The first kappa shape index (κ1) is 26.2. The second kappa shape index (κ2) is 10.5. The normalized spacial score (nSPS) is 11.8. The van der Waals surface area contributed by atoms with Crippen LogP contribution in [-0.2, 0) is 25.0 Å². The molecular formula is C24H28N4O5S2. The maximum absolute atomic E-state index is 13.0. The van der Waals surface area contributed by atoms with Gasteiger partial charge in [-0.1, -0.05) is 30.3 Å². The topological polar surface area (TPSA) is 116 Å². The van der Waals surface area contributed by atoms with Crippen molar-refractivity contribution in [3.8, 4) is 0 Å². The number of nitrogens with one attached hydrogen (secondary N) is 2. The van der Waals surface area contributed by atoms with Crippen LogP contribution in [0.15, 0.2) is 77.7 Å². The van der Waals surface area contributed by atoms with E-state index in [1.54, 1.807) is 49.4 Å². The van der Waals surface area contributed by atoms with Crippen molar-refractivity contribution >= 4 is 43.2 Å². The molecule has 11 heteroatoms. The monoisotopic (exact) mass is 516 g/mol. The van der Waals surface area contributed by atoms with Gasteiger partial charge in [-0.2, -0.15) is 12.7 Å². The van der Waals surface area contributed by atoms with E-state index in [0.29, 0.717) is 22.6 Å². The molecule has 9 nitrogen and oxygen atoms in total. The third-order valence-corrected chi connectivity index (χ3v) is 8.34. The molecule has 3 aromatic rings. The van der Waals surface area contributed by atoms with Crippen molar-refractivity contribution in [1.82, 2.24) is 4.31 Å². The fourth-order valence-corrected chi connectivity index (χ4v) is 5.42. The first-order chi connectivity index (χ1) is 16.4. The third kappa shape index (κ3) is 6.38. The van der Waals surface area contributed by atoms with Gasteiger partial charge in [0.25, 0.3) is 10.0 Å². The number of benzene rings is 3. The van der Waals surface area contributed by atoms with Crippen LogP contribution >= 0.6 is 0 Å². The van der Waals surface area contributed by atoms with Gasteiger partial charge in [0.15, 0.2) is 0 Å². The SMILES string of the molecule is Cc1ccc(C)c(N(CC(=O)Nc2ccc(S(=O)(=O)Nc3ccccc3)cc2)S(=O)(=O)N(C)C)c1. The van der Waals surface area contributed by atoms with Gasteiger partial charge in [-0.05, 0) is 67.4 Å². The summed E-state index contributed by atoms with van der Waals surface area (Å²) in [7, 11) is -4.97. The van der Waals surface area contributed by atoms with E-state index in [1.807, 2.05) is 13.0 Å². The van der Waals surface area contributed by atoms with Gasteiger partial charge in [-0.3, -0.25) is 9.52 Å². The van der Waals surface area contributed by atoms with E-state index in [1.165, 1.54) is 38.4 Å². The lowest BCUT2D eigenvalue weighted by atomic mass is 10.1. The van der Waals surface area contributed by atoms with E-state index < -0.39 is 32.7 Å². The molecule has 0 aliphatic rings. The Hall–Kier alpha value is -3.41. The maximum Gasteiger partial charge on any atom is 0.304 e. The molecule has 35 heavy (non-hydrogen) atoms. The van der Waals surface area contributed by atoms with Gasteiger partial charge < -0.3 is 5.32 Å². The standard InChI is InChI=1S/C24H28N4O5S2/c1-18-10-11-19(2)23(16-18)28(35(32,33)27(3)4)17-24(29)25-20-12-14-22(15-13-20)34(30,31)26-21-8-6-5-7-9-21/h5-16,26H,17H2,1-4H3,(H,25,29). The highest BCUT2D eigenvalue weighted by Gasteiger charge is 2.28. The van der Waals surface area contributed by atoms with E-state index in [0.717, 1.165) is 14.2 Å². The minimum Gasteiger partial charge on any atom is -0.325 e. The van der Waals surface area contributed by atoms with Crippen LogP contribution in [0.5, 0.6) is 0 Å². The molecule has 3 rings (SSSR count). The van der Waals surface area contributed by atoms with Crippen LogP contribution in [0.1, 0.15) is 11.1 Å². The number of carbonyl (C=O) groups is 1. The fraction of sp³-hybridized carbons (Fsp3) is 0.208. The first-order valence-electron chi connectivity index (χ1n) is 10.7. The van der Waals surface area contributed by atoms with E-state index in [2.05, 4.69) is 10.0 Å². The molecule has 0 aliphatic heterocycles. The van der Waals surface area contributed by atoms with Gasteiger partial charge >= 0.3 is 10.2 Å². The Labute approximate surface area is 206 Å². The van der Waals surface area contributed by atoms with Crippen LogP contribution in [0.2, 0.25) is 0 Å². The predicted molar refractivity (Wildman–Crippen MR) is 138 cm³/mol. The predicted octanol–water partition coefficient (Wildman–Crippen LogP) is 3.36. The molecule has 0 radical (unpaired) electrons. The molecule has 0 saturated heterocycles. The third-order valence-electron chi connectivity index (χ3n) is 5.13. The van der Waals surface area contributed by atoms with Crippen LogP contribution in [-0.4, -0.2) is 47.7 Å². The highest BCUT2D eigenvalue weighted by molar-refractivity contribution is 7.92. The lowest BCUT2D eigenvalue weighted by Gasteiger charge is -2.28. The van der Waals surface area contributed by atoms with Crippen LogP contribution in [0.3, 0.4) is 0 Å². The summed E-state index contributed by atoms with van der Waals surface area (Å²) >= 11 is 0. The Kier molecular flexibility index (Phi) is 7.83. The molecule has 1 amide bonds. The summed E-state index contributed by atoms with van der Waals surface area (Å²) in [5, 5.41) is 2.64. The molecule has 0 saturated carbocycles. The van der Waals surface area contributed by atoms with E-state index in [9.17, 15) is 21.6 Å². The highest BCUT2D eigenvalue weighted by Crippen LogP contribution is 2.25. The quantitative estimate of drug-likeness (QED) is 0.453. The fourth-order valence-electron chi connectivity index (χ4n) is 3.24. The van der Waals surface area contributed by atoms with Gasteiger partial charge in [0.05, 0.1) is 10.6 Å². The van der Waals surface area contributed by atoms with Crippen LogP contribution in [0, 0.1) is 13.8 Å². The molecular weight excluding hydrogens is 488 g/mol. The Balaban J connectivity index is 1.78. The minimum atomic E-state index is -3.96. The summed E-state index contributed by atoms with van der Waals surface area (Å²) < 4.78 is 55.7. The molecule has 0 heterocycles. The Bertz CT molecular complexity index is 1410. The van der Waals surface area contributed by atoms with Crippen molar-refractivity contribution in [3.05, 3.63) is 83.9 Å². The largest absolute Gasteiger partial charge is 0.325 e. The van der Waals surface area contributed by atoms with Gasteiger partial charge in [0.1, 0.15) is 6.54 Å². The molecule has 0 fully saturated rings. The number of hydrogen-bond donors (Lipinski definition) is 2. The average Bonchev–Trinajstić information content (AvgIpc) is 2.80. The minimum absolute atomic E-state index is 0.0200. The van der Waals surface area contributed by atoms with Crippen molar-refractivity contribution in [2.45, 2.75) is 18.7 Å². The Morgan fingerprint density at radius 1 is 0.829 bits per heavy atom. The van der Waals surface area contributed by atoms with E-state index in [-0.39, 0.29) is 4.90 Å². The second-order valence-corrected chi connectivity index (χ2v) is 11.9. The number of amides is 1. The second-order valence-electron chi connectivity index (χ2n) is 8.13. The number of rotatable bonds is 9. The Morgan fingerprint density at radius 2 is 1.46 bits per heavy atom. The lowest BCUT2D eigenvalue weighted by molar-refractivity contribution is -0.114. The van der Waals surface area contributed by atoms with Gasteiger partial charge in [-0.25, -0.2) is 12.7 Å². The zero-order chi connectivity index (χ0) is 25.8. The summed E-state index contributed by atoms with van der Waals surface area (Å²) in [5.41, 5.74) is 2.72. The lowest BCUT2D eigenvalue weighted by Crippen LogP contribution is -2.44. The first-order valence-corrected chi connectivity index (χ1v) is 13.5. The number of para-hydroxylation sites is 1. The molecule has 2 N–H and O–H groups in total. The van der Waals surface area contributed by atoms with Crippen LogP contribution in [0.25, 0.3) is 0 Å². The molecule has 186 valence electrons. The number of aryl methyl sites for hydroxylation is 2. The molecule has 0 bridgehead atoms. The molecule has 3 aromatic carbocycles. The summed E-state index contributed by atoms with van der Waals surface area (Å²) in [6, 6.07) is 19.5. The van der Waals surface area contributed by atoms with Crippen LogP contribution in [0.4, 0.5) is 17.1 Å². The van der Waals surface area contributed by atoms with Gasteiger partial charge in [0, 0.05) is 25.5 Å². The number of hydrogen-bond acceptors (Lipinski definition) is 5. The Morgan fingerprint density at radius 3 is 2.06 bits per heavy atom. The number of carbonyl (C=O) groups excluding carboxylic acids is 1. The van der Waals surface area contributed by atoms with Crippen molar-refractivity contribution < 1.29 is 21.6 Å². The van der Waals surface area contributed by atoms with Crippen molar-refractivity contribution in [3.63, 3.8) is 0 Å². The molecule has 0 atom stereocenters. The number of nitrogens with zero attached hydrogens (tertiary/aromatic N) is 2. The number of anilines is 3. The van der Waals surface area contributed by atoms with E-state index in [4.69, 9.17) is 0 Å². The summed E-state index contributed by atoms with van der Waals surface area (Å²) in [5.74, 6) is -0.575. The molecule has 0 aromatic heterocycles. The van der Waals surface area contributed by atoms with Crippen molar-refractivity contribution in [2.24, 2.45) is 0 Å². The highest BCUT2D eigenvalue weighted by atomic mass is 32.2. The smallest absolute Gasteiger partial charge is 0.304 e. The summed E-state index contributed by atoms with van der Waals surface area (Å²) in [4.78, 5) is 12.8. The zero-order valence-electron chi connectivity index (χ0n) is 19.9. The van der Waals surface area contributed by atoms with Gasteiger partial charge in [0.2, 0.25) is 5.91 Å². The molecule has 0 unspecified atom stereocenters. The van der Waals surface area contributed by atoms with E-state index >= 15 is 0 Å². The maximum atomic E-state index is 13.0.